The number of thiazole rings is 1. The molecule has 3 heterocycles. The number of furan rings is 1. The lowest BCUT2D eigenvalue weighted by Gasteiger charge is -2.11. The highest BCUT2D eigenvalue weighted by atomic mass is 35.5. The van der Waals surface area contributed by atoms with Crippen LogP contribution in [0.4, 0.5) is 10.9 Å². The number of nitriles is 2. The molecule has 0 aliphatic rings. The number of anilines is 2. The minimum absolute atomic E-state index is 0.00244. The zero-order valence-electron chi connectivity index (χ0n) is 17.4. The first kappa shape index (κ1) is 23.3. The van der Waals surface area contributed by atoms with Gasteiger partial charge >= 0.3 is 0 Å². The maximum Gasteiger partial charge on any atom is 0.226 e. The summed E-state index contributed by atoms with van der Waals surface area (Å²) in [5.74, 6) is 0.460. The molecule has 0 aliphatic heterocycles. The van der Waals surface area contributed by atoms with Gasteiger partial charge < -0.3 is 15.5 Å². The second-order valence-corrected chi connectivity index (χ2v) is 9.20. The number of benzene rings is 1. The normalized spacial score (nSPS) is 10.4. The van der Waals surface area contributed by atoms with Crippen molar-refractivity contribution in [2.45, 2.75) is 11.4 Å². The van der Waals surface area contributed by atoms with Crippen LogP contribution in [0.25, 0.3) is 22.6 Å². The molecular formula is C23H15ClN6O2S2. The van der Waals surface area contributed by atoms with Crippen LogP contribution in [-0.4, -0.2) is 21.6 Å². The first-order chi connectivity index (χ1) is 16.5. The average molecular weight is 507 g/mol. The molecule has 11 heteroatoms. The van der Waals surface area contributed by atoms with Gasteiger partial charge in [0.25, 0.3) is 0 Å². The molecule has 3 aromatic heterocycles. The second-order valence-electron chi connectivity index (χ2n) is 6.82. The van der Waals surface area contributed by atoms with Gasteiger partial charge in [0, 0.05) is 28.1 Å². The third kappa shape index (κ3) is 5.05. The van der Waals surface area contributed by atoms with Crippen molar-refractivity contribution in [1.29, 1.82) is 10.5 Å². The van der Waals surface area contributed by atoms with Crippen molar-refractivity contribution in [3.63, 3.8) is 0 Å². The number of pyridine rings is 1. The lowest BCUT2D eigenvalue weighted by atomic mass is 10.0. The number of hydrogen-bond donors (Lipinski definition) is 2. The zero-order valence-corrected chi connectivity index (χ0v) is 19.8. The van der Waals surface area contributed by atoms with E-state index in [1.165, 1.54) is 29.4 Å². The Morgan fingerprint density at radius 2 is 1.94 bits per heavy atom. The van der Waals surface area contributed by atoms with E-state index in [2.05, 4.69) is 21.4 Å². The van der Waals surface area contributed by atoms with Crippen molar-refractivity contribution in [3.8, 4) is 34.7 Å². The van der Waals surface area contributed by atoms with Gasteiger partial charge in [-0.15, -0.1) is 23.1 Å². The molecule has 0 radical (unpaired) electrons. The molecule has 0 aliphatic carbocycles. The standard InChI is InChI=1S/C23H15ClN6O2S2/c24-14-5-3-13(4-6-14)17-12-34-23(28-17)29-19(31)7-9-33-22-16(11-26)20(18-2-1-8-32-18)15(10-25)21(27)30-22/h1-6,8,12H,7,9H2,(H2,27,30)(H,28,29,31). The Morgan fingerprint density at radius 1 is 1.18 bits per heavy atom. The molecule has 3 N–H and O–H groups in total. The van der Waals surface area contributed by atoms with Crippen molar-refractivity contribution in [1.82, 2.24) is 9.97 Å². The number of nitrogens with two attached hydrogens (primary N) is 1. The molecule has 0 atom stereocenters. The molecule has 168 valence electrons. The van der Waals surface area contributed by atoms with Crippen LogP contribution in [0.15, 0.2) is 57.5 Å². The van der Waals surface area contributed by atoms with Gasteiger partial charge in [-0.2, -0.15) is 10.5 Å². The Kier molecular flexibility index (Phi) is 7.14. The fourth-order valence-electron chi connectivity index (χ4n) is 3.08. The summed E-state index contributed by atoms with van der Waals surface area (Å²) in [5.41, 5.74) is 8.16. The van der Waals surface area contributed by atoms with Crippen LogP contribution in [0.3, 0.4) is 0 Å². The van der Waals surface area contributed by atoms with E-state index in [-0.39, 0.29) is 29.3 Å². The smallest absolute Gasteiger partial charge is 0.226 e. The summed E-state index contributed by atoms with van der Waals surface area (Å²) in [6.45, 7) is 0. The number of nitrogens with zero attached hydrogens (tertiary/aromatic N) is 4. The molecule has 0 saturated heterocycles. The summed E-state index contributed by atoms with van der Waals surface area (Å²) in [7, 11) is 0. The molecule has 0 unspecified atom stereocenters. The van der Waals surface area contributed by atoms with E-state index in [1.807, 2.05) is 23.6 Å². The predicted octanol–water partition coefficient (Wildman–Crippen LogP) is 5.56. The number of nitrogens with one attached hydrogen (secondary N) is 1. The van der Waals surface area contributed by atoms with Gasteiger partial charge in [0.1, 0.15) is 34.3 Å². The predicted molar refractivity (Wildman–Crippen MR) is 132 cm³/mol. The van der Waals surface area contributed by atoms with E-state index in [0.717, 1.165) is 11.3 Å². The van der Waals surface area contributed by atoms with E-state index in [1.54, 1.807) is 24.3 Å². The molecule has 34 heavy (non-hydrogen) atoms. The number of hydrogen-bond acceptors (Lipinski definition) is 9. The van der Waals surface area contributed by atoms with E-state index in [9.17, 15) is 15.3 Å². The van der Waals surface area contributed by atoms with Gasteiger partial charge in [-0.1, -0.05) is 23.7 Å². The number of aromatic nitrogens is 2. The van der Waals surface area contributed by atoms with Crippen LogP contribution >= 0.6 is 34.7 Å². The molecule has 8 nitrogen and oxygen atoms in total. The number of rotatable bonds is 7. The molecule has 0 spiro atoms. The van der Waals surface area contributed by atoms with Gasteiger partial charge in [0.15, 0.2) is 5.13 Å². The summed E-state index contributed by atoms with van der Waals surface area (Å²) < 4.78 is 5.39. The van der Waals surface area contributed by atoms with Crippen LogP contribution < -0.4 is 11.1 Å². The molecule has 4 aromatic rings. The average Bonchev–Trinajstić information content (AvgIpc) is 3.52. The van der Waals surface area contributed by atoms with Crippen LogP contribution in [0.5, 0.6) is 0 Å². The first-order valence-electron chi connectivity index (χ1n) is 9.81. The largest absolute Gasteiger partial charge is 0.464 e. The number of thioether (sulfide) groups is 1. The van der Waals surface area contributed by atoms with Crippen molar-refractivity contribution in [2.75, 3.05) is 16.8 Å². The molecule has 1 amide bonds. The Balaban J connectivity index is 1.43. The summed E-state index contributed by atoms with van der Waals surface area (Å²) in [6.07, 6.45) is 1.60. The summed E-state index contributed by atoms with van der Waals surface area (Å²) in [6, 6.07) is 14.7. The minimum atomic E-state index is -0.226. The van der Waals surface area contributed by atoms with Crippen molar-refractivity contribution in [3.05, 3.63) is 64.2 Å². The molecule has 1 aromatic carbocycles. The molecular weight excluding hydrogens is 492 g/mol. The van der Waals surface area contributed by atoms with Crippen molar-refractivity contribution >= 4 is 51.6 Å². The number of nitrogen functional groups attached to an aromatic ring is 1. The fourth-order valence-corrected chi connectivity index (χ4v) is 4.87. The summed E-state index contributed by atoms with van der Waals surface area (Å²) in [5, 5.41) is 25.3. The zero-order chi connectivity index (χ0) is 24.1. The van der Waals surface area contributed by atoms with Crippen molar-refractivity contribution in [2.24, 2.45) is 0 Å². The Labute approximate surface area is 208 Å². The SMILES string of the molecule is N#Cc1c(N)nc(SCCC(=O)Nc2nc(-c3ccc(Cl)cc3)cs2)c(C#N)c1-c1ccco1. The highest BCUT2D eigenvalue weighted by molar-refractivity contribution is 7.99. The third-order valence-electron chi connectivity index (χ3n) is 4.64. The van der Waals surface area contributed by atoms with E-state index in [4.69, 9.17) is 21.8 Å². The topological polar surface area (TPSA) is 142 Å². The van der Waals surface area contributed by atoms with Crippen molar-refractivity contribution < 1.29 is 9.21 Å². The minimum Gasteiger partial charge on any atom is -0.464 e. The molecule has 0 fully saturated rings. The van der Waals surface area contributed by atoms with E-state index >= 15 is 0 Å². The van der Waals surface area contributed by atoms with Crippen LogP contribution in [0.1, 0.15) is 17.5 Å². The number of carbonyl (C=O) groups excluding carboxylic acids is 1. The second kappa shape index (κ2) is 10.4. The Bertz CT molecular complexity index is 1420. The van der Waals surface area contributed by atoms with Gasteiger partial charge in [0.05, 0.1) is 23.1 Å². The number of carbonyl (C=O) groups is 1. The van der Waals surface area contributed by atoms with Crippen LogP contribution in [-0.2, 0) is 4.79 Å². The molecule has 4 rings (SSSR count). The fraction of sp³-hybridized carbons (Fsp3) is 0.0870. The Morgan fingerprint density at radius 3 is 2.62 bits per heavy atom. The third-order valence-corrected chi connectivity index (χ3v) is 6.63. The lowest BCUT2D eigenvalue weighted by Crippen LogP contribution is -2.12. The van der Waals surface area contributed by atoms with Crippen LogP contribution in [0.2, 0.25) is 5.02 Å². The lowest BCUT2D eigenvalue weighted by molar-refractivity contribution is -0.115. The van der Waals surface area contributed by atoms with Gasteiger partial charge in [0.2, 0.25) is 5.91 Å². The molecule has 0 saturated carbocycles. The molecule has 0 bridgehead atoms. The first-order valence-corrected chi connectivity index (χ1v) is 12.1. The van der Waals surface area contributed by atoms with Gasteiger partial charge in [-0.05, 0) is 24.3 Å². The maximum absolute atomic E-state index is 12.4. The quantitative estimate of drug-likeness (QED) is 0.310. The maximum atomic E-state index is 12.4. The Hall–Kier alpha value is -3.83. The number of amides is 1. The highest BCUT2D eigenvalue weighted by Gasteiger charge is 2.22. The van der Waals surface area contributed by atoms with Gasteiger partial charge in [-0.3, -0.25) is 4.79 Å². The van der Waals surface area contributed by atoms with Crippen LogP contribution in [0, 0.1) is 22.7 Å². The van der Waals surface area contributed by atoms with E-state index in [0.29, 0.717) is 32.3 Å². The monoisotopic (exact) mass is 506 g/mol. The van der Waals surface area contributed by atoms with Gasteiger partial charge in [-0.25, -0.2) is 9.97 Å². The van der Waals surface area contributed by atoms with E-state index < -0.39 is 0 Å². The summed E-state index contributed by atoms with van der Waals surface area (Å²) >= 11 is 8.45. The summed E-state index contributed by atoms with van der Waals surface area (Å²) in [4.78, 5) is 21.1. The number of halogens is 1. The highest BCUT2D eigenvalue weighted by Crippen LogP contribution is 2.36.